The molecule has 0 fully saturated rings. The second-order valence-corrected chi connectivity index (χ2v) is 7.23. The maximum atomic E-state index is 13.4. The number of hydrogen-bond donors (Lipinski definition) is 1. The molecule has 3 aromatic carbocycles. The van der Waals surface area contributed by atoms with Crippen molar-refractivity contribution >= 4 is 11.9 Å². The summed E-state index contributed by atoms with van der Waals surface area (Å²) in [6, 6.07) is 23.6. The van der Waals surface area contributed by atoms with Crippen LogP contribution >= 0.6 is 0 Å². The minimum Gasteiger partial charge on any atom is -0.497 e. The highest BCUT2D eigenvalue weighted by Gasteiger charge is 2.49. The fourth-order valence-electron chi connectivity index (χ4n) is 3.78. The third-order valence-corrected chi connectivity index (χ3v) is 5.36. The fourth-order valence-corrected chi connectivity index (χ4v) is 3.78. The monoisotopic (exact) mass is 405 g/mol. The van der Waals surface area contributed by atoms with Crippen LogP contribution in [0.4, 0.5) is 4.70 Å². The average molecular weight is 405 g/mol. The fraction of sp³-hybridized carbons (Fsp3) is 0.167. The van der Waals surface area contributed by atoms with Gasteiger partial charge in [-0.25, -0.2) is 4.99 Å². The first-order valence-electron chi connectivity index (χ1n) is 9.41. The summed E-state index contributed by atoms with van der Waals surface area (Å²) in [6.45, 7) is 2.00. The highest BCUT2D eigenvalue weighted by atomic mass is 19.0. The lowest BCUT2D eigenvalue weighted by Gasteiger charge is -2.27. The summed E-state index contributed by atoms with van der Waals surface area (Å²) in [5.41, 5.74) is 9.50. The Morgan fingerprint density at radius 2 is 1.53 bits per heavy atom. The minimum atomic E-state index is -1.19. The van der Waals surface area contributed by atoms with Crippen molar-refractivity contribution in [3.8, 4) is 16.9 Å². The van der Waals surface area contributed by atoms with Crippen LogP contribution in [-0.4, -0.2) is 30.9 Å². The molecule has 30 heavy (non-hydrogen) atoms. The first-order valence-corrected chi connectivity index (χ1v) is 9.41. The van der Waals surface area contributed by atoms with Gasteiger partial charge in [0.15, 0.2) is 11.5 Å². The summed E-state index contributed by atoms with van der Waals surface area (Å²) in [4.78, 5) is 19.5. The molecule has 2 N–H and O–H groups in total. The van der Waals surface area contributed by atoms with Gasteiger partial charge in [0.2, 0.25) is 0 Å². The standard InChI is InChI=1S/C24H23N3O2.FH/c1-16-7-4-10-19(13-16)24(22(28)27(2)23(25)26-24)20-11-5-8-17(14-20)18-9-6-12-21(15-18)29-3;/h4-15H,1-3H3,(H2,25,26);1H. The lowest BCUT2D eigenvalue weighted by atomic mass is 9.81. The second-order valence-electron chi connectivity index (χ2n) is 7.23. The number of likely N-dealkylation sites (N-methyl/N-ethyl adjacent to an activating group) is 1. The number of amides is 1. The summed E-state index contributed by atoms with van der Waals surface area (Å²) < 4.78 is 5.35. The van der Waals surface area contributed by atoms with Crippen molar-refractivity contribution in [3.05, 3.63) is 89.5 Å². The zero-order valence-corrected chi connectivity index (χ0v) is 17.1. The molecule has 0 radical (unpaired) electrons. The van der Waals surface area contributed by atoms with Crippen LogP contribution in [-0.2, 0) is 10.3 Å². The maximum absolute atomic E-state index is 13.4. The summed E-state index contributed by atoms with van der Waals surface area (Å²) in [7, 11) is 3.30. The Kier molecular flexibility index (Phi) is 5.60. The molecule has 0 bridgehead atoms. The van der Waals surface area contributed by atoms with Gasteiger partial charge in [-0.3, -0.25) is 14.4 Å². The Labute approximate surface area is 175 Å². The molecule has 1 aliphatic rings. The molecule has 1 amide bonds. The van der Waals surface area contributed by atoms with Gasteiger partial charge < -0.3 is 10.5 Å². The van der Waals surface area contributed by atoms with Gasteiger partial charge in [-0.1, -0.05) is 60.2 Å². The molecule has 1 heterocycles. The van der Waals surface area contributed by atoms with Crippen molar-refractivity contribution in [1.82, 2.24) is 4.90 Å². The predicted molar refractivity (Wildman–Crippen MR) is 117 cm³/mol. The third kappa shape index (κ3) is 3.30. The molecule has 1 aliphatic heterocycles. The van der Waals surface area contributed by atoms with Crippen molar-refractivity contribution in [2.75, 3.05) is 14.2 Å². The highest BCUT2D eigenvalue weighted by molar-refractivity contribution is 6.09. The van der Waals surface area contributed by atoms with Crippen molar-refractivity contribution < 1.29 is 14.2 Å². The summed E-state index contributed by atoms with van der Waals surface area (Å²) in [5.74, 6) is 0.826. The number of halogens is 1. The van der Waals surface area contributed by atoms with Crippen molar-refractivity contribution in [2.45, 2.75) is 12.5 Å². The zero-order chi connectivity index (χ0) is 20.6. The Morgan fingerprint density at radius 3 is 2.13 bits per heavy atom. The van der Waals surface area contributed by atoms with Gasteiger partial charge in [0.1, 0.15) is 5.75 Å². The van der Waals surface area contributed by atoms with Crippen LogP contribution in [0.3, 0.4) is 0 Å². The summed E-state index contributed by atoms with van der Waals surface area (Å²) in [5, 5.41) is 0. The van der Waals surface area contributed by atoms with E-state index >= 15 is 0 Å². The lowest BCUT2D eigenvalue weighted by molar-refractivity contribution is -0.129. The van der Waals surface area contributed by atoms with Crippen LogP contribution < -0.4 is 10.5 Å². The highest BCUT2D eigenvalue weighted by Crippen LogP contribution is 2.40. The van der Waals surface area contributed by atoms with Gasteiger partial charge in [0, 0.05) is 7.05 Å². The van der Waals surface area contributed by atoms with E-state index in [2.05, 4.69) is 4.99 Å². The second kappa shape index (κ2) is 7.99. The van der Waals surface area contributed by atoms with E-state index in [0.29, 0.717) is 0 Å². The number of nitrogens with zero attached hydrogens (tertiary/aromatic N) is 2. The van der Waals surface area contributed by atoms with Gasteiger partial charge in [0.05, 0.1) is 7.11 Å². The van der Waals surface area contributed by atoms with Crippen molar-refractivity contribution in [2.24, 2.45) is 10.7 Å². The normalized spacial score (nSPS) is 18.0. The number of carbonyl (C=O) groups is 1. The van der Waals surface area contributed by atoms with Gasteiger partial charge in [-0.05, 0) is 47.4 Å². The molecule has 6 heteroatoms. The average Bonchev–Trinajstić information content (AvgIpc) is 2.99. The number of rotatable bonds is 4. The topological polar surface area (TPSA) is 67.9 Å². The number of aliphatic imine (C=N–C) groups is 1. The molecule has 3 aromatic rings. The van der Waals surface area contributed by atoms with Gasteiger partial charge in [-0.15, -0.1) is 0 Å². The van der Waals surface area contributed by atoms with Crippen molar-refractivity contribution in [1.29, 1.82) is 0 Å². The summed E-state index contributed by atoms with van der Waals surface area (Å²) >= 11 is 0. The molecule has 0 aromatic heterocycles. The van der Waals surface area contributed by atoms with Crippen LogP contribution in [0.1, 0.15) is 16.7 Å². The van der Waals surface area contributed by atoms with E-state index < -0.39 is 5.54 Å². The molecule has 0 saturated carbocycles. The number of nitrogens with two attached hydrogens (primary N) is 1. The SMILES string of the molecule is COc1cccc(-c2cccc(C3(c4cccc(C)c4)N=C(N)N(C)C3=O)c2)c1.F. The third-order valence-electron chi connectivity index (χ3n) is 5.36. The first kappa shape index (κ1) is 21.0. The lowest BCUT2D eigenvalue weighted by Crippen LogP contribution is -2.41. The molecule has 0 aliphatic carbocycles. The number of guanidine groups is 1. The maximum Gasteiger partial charge on any atom is 0.266 e. The number of carbonyl (C=O) groups excluding carboxylic acids is 1. The predicted octanol–water partition coefficient (Wildman–Crippen LogP) is 3.85. The van der Waals surface area contributed by atoms with Crippen molar-refractivity contribution in [3.63, 3.8) is 0 Å². The van der Waals surface area contributed by atoms with Gasteiger partial charge >= 0.3 is 0 Å². The van der Waals surface area contributed by atoms with E-state index in [4.69, 9.17) is 10.5 Å². The quantitative estimate of drug-likeness (QED) is 0.717. The van der Waals surface area contributed by atoms with Crippen LogP contribution in [0.25, 0.3) is 11.1 Å². The van der Waals surface area contributed by atoms with E-state index in [9.17, 15) is 4.79 Å². The zero-order valence-electron chi connectivity index (χ0n) is 17.1. The molecule has 1 unspecified atom stereocenters. The molecule has 4 rings (SSSR count). The molecule has 0 saturated heterocycles. The molecular formula is C24H24FN3O2. The number of benzene rings is 3. The smallest absolute Gasteiger partial charge is 0.266 e. The Bertz CT molecular complexity index is 1130. The Balaban J connectivity index is 0.00000256. The van der Waals surface area contributed by atoms with E-state index in [-0.39, 0.29) is 16.6 Å². The molecule has 5 nitrogen and oxygen atoms in total. The summed E-state index contributed by atoms with van der Waals surface area (Å²) in [6.07, 6.45) is 0. The van der Waals surface area contributed by atoms with Crippen LogP contribution in [0.15, 0.2) is 77.8 Å². The molecular weight excluding hydrogens is 381 g/mol. The van der Waals surface area contributed by atoms with Crippen LogP contribution in [0.2, 0.25) is 0 Å². The largest absolute Gasteiger partial charge is 0.497 e. The number of ether oxygens (including phenoxy) is 1. The number of aryl methyl sites for hydroxylation is 1. The van der Waals surface area contributed by atoms with Crippen LogP contribution in [0.5, 0.6) is 5.75 Å². The Hall–Kier alpha value is -3.67. The van der Waals surface area contributed by atoms with Gasteiger partial charge in [-0.2, -0.15) is 0 Å². The minimum absolute atomic E-state index is 0. The van der Waals surface area contributed by atoms with E-state index in [1.165, 1.54) is 4.90 Å². The van der Waals surface area contributed by atoms with Crippen LogP contribution in [0, 0.1) is 6.92 Å². The number of methoxy groups -OCH3 is 1. The Morgan fingerprint density at radius 1 is 0.933 bits per heavy atom. The number of hydrogen-bond acceptors (Lipinski definition) is 4. The van der Waals surface area contributed by atoms with E-state index in [1.54, 1.807) is 14.2 Å². The first-order chi connectivity index (χ1) is 14.0. The van der Waals surface area contributed by atoms with E-state index in [0.717, 1.165) is 33.6 Å². The van der Waals surface area contributed by atoms with Gasteiger partial charge in [0.25, 0.3) is 5.91 Å². The molecule has 1 atom stereocenters. The molecule has 154 valence electrons. The molecule has 0 spiro atoms. The van der Waals surface area contributed by atoms with E-state index in [1.807, 2.05) is 79.7 Å².